The van der Waals surface area contributed by atoms with Gasteiger partial charge in [-0.25, -0.2) is 4.98 Å². The third kappa shape index (κ3) is 1.89. The van der Waals surface area contributed by atoms with E-state index in [4.69, 9.17) is 10.5 Å². The zero-order valence-corrected chi connectivity index (χ0v) is 10.8. The quantitative estimate of drug-likeness (QED) is 0.736. The molecule has 3 aromatic rings. The number of ether oxygens (including phenoxy) is 1. The van der Waals surface area contributed by atoms with Gasteiger partial charge < -0.3 is 10.5 Å². The average Bonchev–Trinajstić information content (AvgIpc) is 2.79. The topological polar surface area (TPSA) is 76.8 Å². The number of nitrogens with one attached hydrogen (secondary N) is 1. The normalized spacial score (nSPS) is 10.8. The second kappa shape index (κ2) is 4.28. The van der Waals surface area contributed by atoms with Gasteiger partial charge in [0.2, 0.25) is 0 Å². The Bertz CT molecular complexity index is 731. The summed E-state index contributed by atoms with van der Waals surface area (Å²) < 4.78 is 5.15. The Morgan fingerprint density at radius 2 is 1.95 bits per heavy atom. The molecule has 0 spiro atoms. The predicted octanol–water partition coefficient (Wildman–Crippen LogP) is 2.52. The van der Waals surface area contributed by atoms with Crippen LogP contribution in [0.2, 0.25) is 0 Å². The molecule has 0 amide bonds. The number of nitrogens with two attached hydrogens (primary N) is 1. The molecular formula is C14H14N4O. The lowest BCUT2D eigenvalue weighted by Crippen LogP contribution is -1.91. The summed E-state index contributed by atoms with van der Waals surface area (Å²) in [6.45, 7) is 2.01. The van der Waals surface area contributed by atoms with E-state index in [1.807, 2.05) is 37.3 Å². The second-order valence-electron chi connectivity index (χ2n) is 4.39. The molecule has 96 valence electrons. The van der Waals surface area contributed by atoms with Gasteiger partial charge in [-0.2, -0.15) is 5.10 Å². The van der Waals surface area contributed by atoms with E-state index in [1.165, 1.54) is 0 Å². The first-order chi connectivity index (χ1) is 9.19. The van der Waals surface area contributed by atoms with Crippen molar-refractivity contribution in [1.82, 2.24) is 15.2 Å². The average molecular weight is 254 g/mol. The maximum atomic E-state index is 5.80. The number of hydrogen-bond donors (Lipinski definition) is 2. The molecule has 5 heteroatoms. The molecule has 0 aliphatic heterocycles. The van der Waals surface area contributed by atoms with Crippen molar-refractivity contribution in [1.29, 1.82) is 0 Å². The van der Waals surface area contributed by atoms with Crippen molar-refractivity contribution in [2.24, 2.45) is 0 Å². The maximum Gasteiger partial charge on any atom is 0.183 e. The van der Waals surface area contributed by atoms with Crippen LogP contribution in [-0.4, -0.2) is 22.3 Å². The van der Waals surface area contributed by atoms with Crippen molar-refractivity contribution in [3.8, 4) is 17.0 Å². The number of aromatic nitrogens is 3. The molecule has 0 saturated carbocycles. The van der Waals surface area contributed by atoms with Crippen molar-refractivity contribution in [2.45, 2.75) is 6.92 Å². The van der Waals surface area contributed by atoms with Gasteiger partial charge >= 0.3 is 0 Å². The van der Waals surface area contributed by atoms with E-state index in [1.54, 1.807) is 7.11 Å². The fourth-order valence-electron chi connectivity index (χ4n) is 2.10. The highest BCUT2D eigenvalue weighted by atomic mass is 16.5. The molecular weight excluding hydrogens is 240 g/mol. The van der Waals surface area contributed by atoms with Crippen LogP contribution in [0, 0.1) is 6.92 Å². The van der Waals surface area contributed by atoms with Crippen LogP contribution in [0.1, 0.15) is 5.56 Å². The molecule has 0 saturated heterocycles. The standard InChI is InChI=1S/C14H14N4O/c1-8-7-11-13(15)17-18-14(11)16-12(8)9-3-5-10(19-2)6-4-9/h3-7H,1-2H3,(H3,15,16,17,18). The third-order valence-electron chi connectivity index (χ3n) is 3.13. The van der Waals surface area contributed by atoms with Gasteiger partial charge in [0, 0.05) is 5.56 Å². The van der Waals surface area contributed by atoms with Crippen LogP contribution in [-0.2, 0) is 0 Å². The molecule has 0 unspecified atom stereocenters. The number of aromatic amines is 1. The maximum absolute atomic E-state index is 5.80. The number of pyridine rings is 1. The number of benzene rings is 1. The lowest BCUT2D eigenvalue weighted by atomic mass is 10.1. The summed E-state index contributed by atoms with van der Waals surface area (Å²) in [7, 11) is 1.65. The number of H-pyrrole nitrogens is 1. The minimum Gasteiger partial charge on any atom is -0.497 e. The van der Waals surface area contributed by atoms with E-state index in [0.717, 1.165) is 28.0 Å². The van der Waals surface area contributed by atoms with Crippen LogP contribution < -0.4 is 10.5 Å². The van der Waals surface area contributed by atoms with E-state index in [9.17, 15) is 0 Å². The molecule has 0 atom stereocenters. The lowest BCUT2D eigenvalue weighted by molar-refractivity contribution is 0.415. The number of hydrogen-bond acceptors (Lipinski definition) is 4. The summed E-state index contributed by atoms with van der Waals surface area (Å²) in [5, 5.41) is 7.70. The Kier molecular flexibility index (Phi) is 2.59. The third-order valence-corrected chi connectivity index (χ3v) is 3.13. The van der Waals surface area contributed by atoms with Gasteiger partial charge in [-0.3, -0.25) is 5.10 Å². The number of fused-ring (bicyclic) bond motifs is 1. The summed E-state index contributed by atoms with van der Waals surface area (Å²) in [5.41, 5.74) is 9.43. The van der Waals surface area contributed by atoms with E-state index in [-0.39, 0.29) is 0 Å². The van der Waals surface area contributed by atoms with Crippen LogP contribution in [0.4, 0.5) is 5.82 Å². The molecule has 0 radical (unpaired) electrons. The highest BCUT2D eigenvalue weighted by Gasteiger charge is 2.10. The summed E-state index contributed by atoms with van der Waals surface area (Å²) in [4.78, 5) is 4.56. The monoisotopic (exact) mass is 254 g/mol. The molecule has 3 N–H and O–H groups in total. The van der Waals surface area contributed by atoms with Crippen LogP contribution >= 0.6 is 0 Å². The molecule has 0 aliphatic rings. The van der Waals surface area contributed by atoms with E-state index >= 15 is 0 Å². The number of anilines is 1. The summed E-state index contributed by atoms with van der Waals surface area (Å²) in [5.74, 6) is 1.37. The number of nitrogen functional groups attached to an aromatic ring is 1. The summed E-state index contributed by atoms with van der Waals surface area (Å²) in [6.07, 6.45) is 0. The largest absolute Gasteiger partial charge is 0.497 e. The molecule has 0 fully saturated rings. The van der Waals surface area contributed by atoms with Crippen LogP contribution in [0.25, 0.3) is 22.3 Å². The minimum atomic E-state index is 0.548. The van der Waals surface area contributed by atoms with Gasteiger partial charge in [0.25, 0.3) is 0 Å². The van der Waals surface area contributed by atoms with Gasteiger partial charge in [0.1, 0.15) is 11.6 Å². The second-order valence-corrected chi connectivity index (χ2v) is 4.39. The van der Waals surface area contributed by atoms with Crippen molar-refractivity contribution in [2.75, 3.05) is 12.8 Å². The molecule has 1 aromatic carbocycles. The molecule has 2 aromatic heterocycles. The minimum absolute atomic E-state index is 0.548. The Balaban J connectivity index is 2.15. The number of methoxy groups -OCH3 is 1. The smallest absolute Gasteiger partial charge is 0.183 e. The fourth-order valence-corrected chi connectivity index (χ4v) is 2.10. The molecule has 19 heavy (non-hydrogen) atoms. The predicted molar refractivity (Wildman–Crippen MR) is 75.0 cm³/mol. The number of aryl methyl sites for hydroxylation is 1. The van der Waals surface area contributed by atoms with Gasteiger partial charge in [0.05, 0.1) is 18.2 Å². The van der Waals surface area contributed by atoms with Gasteiger partial charge in [0.15, 0.2) is 5.65 Å². The van der Waals surface area contributed by atoms with Crippen molar-refractivity contribution in [3.63, 3.8) is 0 Å². The van der Waals surface area contributed by atoms with E-state index in [2.05, 4.69) is 15.2 Å². The zero-order chi connectivity index (χ0) is 13.4. The Labute approximate surface area is 110 Å². The molecule has 0 aliphatic carbocycles. The van der Waals surface area contributed by atoms with Crippen LogP contribution in [0.5, 0.6) is 5.75 Å². The first kappa shape index (κ1) is 11.5. The molecule has 2 heterocycles. The Morgan fingerprint density at radius 3 is 2.63 bits per heavy atom. The van der Waals surface area contributed by atoms with E-state index < -0.39 is 0 Å². The van der Waals surface area contributed by atoms with Crippen LogP contribution in [0.3, 0.4) is 0 Å². The van der Waals surface area contributed by atoms with Crippen molar-refractivity contribution < 1.29 is 4.74 Å². The highest BCUT2D eigenvalue weighted by molar-refractivity contribution is 5.88. The number of rotatable bonds is 2. The molecule has 5 nitrogen and oxygen atoms in total. The lowest BCUT2D eigenvalue weighted by Gasteiger charge is -2.06. The van der Waals surface area contributed by atoms with Gasteiger partial charge in [-0.1, -0.05) is 0 Å². The first-order valence-electron chi connectivity index (χ1n) is 5.94. The van der Waals surface area contributed by atoms with Gasteiger partial charge in [-0.05, 0) is 42.8 Å². The molecule has 3 rings (SSSR count). The van der Waals surface area contributed by atoms with E-state index in [0.29, 0.717) is 11.5 Å². The fraction of sp³-hybridized carbons (Fsp3) is 0.143. The van der Waals surface area contributed by atoms with Crippen molar-refractivity contribution >= 4 is 16.9 Å². The van der Waals surface area contributed by atoms with Crippen LogP contribution in [0.15, 0.2) is 30.3 Å². The summed E-state index contributed by atoms with van der Waals surface area (Å²) in [6, 6.07) is 9.80. The zero-order valence-electron chi connectivity index (χ0n) is 10.8. The Hall–Kier alpha value is -2.56. The van der Waals surface area contributed by atoms with Gasteiger partial charge in [-0.15, -0.1) is 0 Å². The molecule has 0 bridgehead atoms. The highest BCUT2D eigenvalue weighted by Crippen LogP contribution is 2.27. The summed E-state index contributed by atoms with van der Waals surface area (Å²) >= 11 is 0. The SMILES string of the molecule is COc1ccc(-c2nc3n[nH]c(N)c3cc2C)cc1. The van der Waals surface area contributed by atoms with Crippen molar-refractivity contribution in [3.05, 3.63) is 35.9 Å². The Morgan fingerprint density at radius 1 is 1.21 bits per heavy atom. The first-order valence-corrected chi connectivity index (χ1v) is 5.94. The number of nitrogens with zero attached hydrogens (tertiary/aromatic N) is 2.